The summed E-state index contributed by atoms with van der Waals surface area (Å²) in [4.78, 5) is 20.9. The normalized spacial score (nSPS) is 12.4. The van der Waals surface area contributed by atoms with Crippen LogP contribution in [0.25, 0.3) is 11.3 Å². The van der Waals surface area contributed by atoms with Gasteiger partial charge in [0.25, 0.3) is 5.56 Å². The molecule has 15 heteroatoms. The fourth-order valence-electron chi connectivity index (χ4n) is 3.21. The predicted molar refractivity (Wildman–Crippen MR) is 120 cm³/mol. The van der Waals surface area contributed by atoms with Gasteiger partial charge in [0.2, 0.25) is 5.88 Å². The van der Waals surface area contributed by atoms with Gasteiger partial charge in [-0.05, 0) is 35.0 Å². The number of benzene rings is 1. The fraction of sp³-hybridized carbons (Fsp3) is 0.238. The Hall–Kier alpha value is -3.98. The van der Waals surface area contributed by atoms with Crippen molar-refractivity contribution in [3.63, 3.8) is 0 Å². The van der Waals surface area contributed by atoms with Crippen LogP contribution in [0, 0.1) is 0 Å². The van der Waals surface area contributed by atoms with Gasteiger partial charge < -0.3 is 18.6 Å². The fourth-order valence-corrected chi connectivity index (χ4v) is 4.06. The van der Waals surface area contributed by atoms with E-state index in [0.717, 1.165) is 17.2 Å². The lowest BCUT2D eigenvalue weighted by molar-refractivity contribution is -0.141. The van der Waals surface area contributed by atoms with Crippen molar-refractivity contribution in [2.45, 2.75) is 23.8 Å². The van der Waals surface area contributed by atoms with Crippen molar-refractivity contribution in [1.82, 2.24) is 34.7 Å². The van der Waals surface area contributed by atoms with Gasteiger partial charge in [0.05, 0.1) is 37.6 Å². The molecule has 4 rings (SSSR count). The van der Waals surface area contributed by atoms with E-state index in [1.807, 2.05) is 0 Å². The van der Waals surface area contributed by atoms with Gasteiger partial charge in [-0.2, -0.15) is 23.1 Å². The summed E-state index contributed by atoms with van der Waals surface area (Å²) in [6.07, 6.45) is -2.36. The third kappa shape index (κ3) is 5.63. The topological polar surface area (TPSA) is 133 Å². The molecule has 4 aromatic rings. The number of tetrazole rings is 1. The van der Waals surface area contributed by atoms with Crippen LogP contribution in [-0.2, 0) is 29.8 Å². The lowest BCUT2D eigenvalue weighted by atomic mass is 10.1. The second kappa shape index (κ2) is 10.3. The first kappa shape index (κ1) is 25.1. The van der Waals surface area contributed by atoms with Crippen molar-refractivity contribution in [2.75, 3.05) is 14.2 Å². The minimum atomic E-state index is -4.82. The first-order chi connectivity index (χ1) is 17.2. The van der Waals surface area contributed by atoms with Gasteiger partial charge >= 0.3 is 11.3 Å². The molecule has 36 heavy (non-hydrogen) atoms. The molecule has 0 bridgehead atoms. The average Bonchev–Trinajstić information content (AvgIpc) is 3.37. The van der Waals surface area contributed by atoms with Crippen LogP contribution in [0.4, 0.5) is 13.2 Å². The molecule has 0 aliphatic rings. The Balaban J connectivity index is 1.71. The summed E-state index contributed by atoms with van der Waals surface area (Å²) < 4.78 is 65.1. The van der Waals surface area contributed by atoms with E-state index >= 15 is 0 Å². The number of nitrogens with zero attached hydrogens (tertiary/aromatic N) is 7. The van der Waals surface area contributed by atoms with Crippen molar-refractivity contribution in [3.8, 4) is 22.8 Å². The van der Waals surface area contributed by atoms with E-state index in [2.05, 4.69) is 25.4 Å². The van der Waals surface area contributed by atoms with Crippen LogP contribution < -0.4 is 15.0 Å². The molecule has 1 aromatic carbocycles. The molecule has 0 spiro atoms. The summed E-state index contributed by atoms with van der Waals surface area (Å²) in [6, 6.07) is 8.36. The van der Waals surface area contributed by atoms with Crippen molar-refractivity contribution >= 4 is 11.2 Å². The van der Waals surface area contributed by atoms with Gasteiger partial charge in [-0.1, -0.05) is 6.07 Å². The van der Waals surface area contributed by atoms with Crippen molar-refractivity contribution < 1.29 is 27.2 Å². The smallest absolute Gasteiger partial charge is 0.433 e. The monoisotopic (exact) mass is 521 g/mol. The molecule has 188 valence electrons. The predicted octanol–water partition coefficient (Wildman–Crippen LogP) is 2.14. The lowest BCUT2D eigenvalue weighted by Crippen LogP contribution is -2.21. The Bertz CT molecular complexity index is 1410. The maximum atomic E-state index is 13.6. The van der Waals surface area contributed by atoms with Crippen LogP contribution in [0.2, 0.25) is 0 Å². The summed E-state index contributed by atoms with van der Waals surface area (Å²) in [5, 5.41) is 10.1. The van der Waals surface area contributed by atoms with E-state index in [-0.39, 0.29) is 29.2 Å². The van der Waals surface area contributed by atoms with E-state index in [1.165, 1.54) is 37.1 Å². The summed E-state index contributed by atoms with van der Waals surface area (Å²) in [7, 11) is 2.97. The molecule has 0 saturated heterocycles. The Morgan fingerprint density at radius 3 is 2.50 bits per heavy atom. The standard InChI is InChI=1S/C21H18F3N7O4S/c1-34-16-5-3-13(7-17(16)35-2)9-30-10-14(4-6-19(30)32)15-8-18(21(22,23)24)28-20(27-15)36(33)12-31-26-11-25-29-31/h3-8,10-11H,9,12H2,1-2H3. The maximum Gasteiger partial charge on any atom is 0.433 e. The number of hydrogen-bond acceptors (Lipinski definition) is 9. The molecule has 0 fully saturated rings. The molecular formula is C21H18F3N7O4S. The van der Waals surface area contributed by atoms with Crippen molar-refractivity contribution in [3.05, 3.63) is 70.5 Å². The lowest BCUT2D eigenvalue weighted by Gasteiger charge is -2.14. The number of halogens is 3. The molecule has 0 radical (unpaired) electrons. The molecular weight excluding hydrogens is 503 g/mol. The third-order valence-electron chi connectivity index (χ3n) is 4.90. The van der Waals surface area contributed by atoms with Gasteiger partial charge in [0.15, 0.2) is 23.5 Å². The van der Waals surface area contributed by atoms with Crippen LogP contribution in [0.5, 0.6) is 11.5 Å². The highest BCUT2D eigenvalue weighted by Gasteiger charge is 2.35. The molecule has 0 aliphatic carbocycles. The number of rotatable bonds is 8. The highest BCUT2D eigenvalue weighted by atomic mass is 32.2. The molecule has 1 atom stereocenters. The number of hydrogen-bond donors (Lipinski definition) is 0. The third-order valence-corrected chi connectivity index (χ3v) is 5.96. The summed E-state index contributed by atoms with van der Waals surface area (Å²) >= 11 is -2.11. The SMILES string of the molecule is COc1ccc(Cn2cc(-c3cc(C(F)(F)F)nc([S+]([O-])Cn4ncnn4)n3)ccc2=O)cc1OC. The zero-order chi connectivity index (χ0) is 25.9. The minimum Gasteiger partial charge on any atom is -0.607 e. The van der Waals surface area contributed by atoms with Crippen LogP contribution in [-0.4, -0.2) is 53.5 Å². The van der Waals surface area contributed by atoms with Gasteiger partial charge in [0, 0.05) is 17.8 Å². The highest BCUT2D eigenvalue weighted by molar-refractivity contribution is 7.90. The van der Waals surface area contributed by atoms with Crippen LogP contribution in [0.3, 0.4) is 0 Å². The molecule has 0 aliphatic heterocycles. The van der Waals surface area contributed by atoms with E-state index < -0.39 is 28.2 Å². The van der Waals surface area contributed by atoms with E-state index in [4.69, 9.17) is 9.47 Å². The van der Waals surface area contributed by atoms with Crippen LogP contribution >= 0.6 is 0 Å². The summed E-state index contributed by atoms with van der Waals surface area (Å²) in [6.45, 7) is 0.0982. The zero-order valence-electron chi connectivity index (χ0n) is 18.8. The quantitative estimate of drug-likeness (QED) is 0.253. The van der Waals surface area contributed by atoms with Crippen molar-refractivity contribution in [2.24, 2.45) is 0 Å². The summed E-state index contributed by atoms with van der Waals surface area (Å²) in [5.74, 6) is 0.572. The second-order valence-corrected chi connectivity index (χ2v) is 8.59. The van der Waals surface area contributed by atoms with Gasteiger partial charge in [-0.25, -0.2) is 0 Å². The Morgan fingerprint density at radius 1 is 1.06 bits per heavy atom. The van der Waals surface area contributed by atoms with Gasteiger partial charge in [-0.3, -0.25) is 4.79 Å². The summed E-state index contributed by atoms with van der Waals surface area (Å²) in [5.41, 5.74) is -0.944. The number of aromatic nitrogens is 7. The van der Waals surface area contributed by atoms with Crippen molar-refractivity contribution in [1.29, 1.82) is 0 Å². The van der Waals surface area contributed by atoms with Crippen LogP contribution in [0.1, 0.15) is 11.3 Å². The molecule has 0 amide bonds. The Kier molecular flexibility index (Phi) is 7.21. The molecule has 0 N–H and O–H groups in total. The molecule has 3 heterocycles. The van der Waals surface area contributed by atoms with Gasteiger partial charge in [-0.15, -0.1) is 15.0 Å². The number of alkyl halides is 3. The first-order valence-electron chi connectivity index (χ1n) is 10.1. The van der Waals surface area contributed by atoms with E-state index in [9.17, 15) is 22.5 Å². The van der Waals surface area contributed by atoms with Crippen LogP contribution in [0.15, 0.2) is 58.9 Å². The Morgan fingerprint density at radius 2 is 1.83 bits per heavy atom. The molecule has 3 aromatic heterocycles. The molecule has 1 unspecified atom stereocenters. The number of methoxy groups -OCH3 is 2. The number of pyridine rings is 1. The molecule has 0 saturated carbocycles. The van der Waals surface area contributed by atoms with E-state index in [0.29, 0.717) is 17.1 Å². The van der Waals surface area contributed by atoms with Gasteiger partial charge in [0.1, 0.15) is 0 Å². The second-order valence-electron chi connectivity index (χ2n) is 7.27. The number of ether oxygens (including phenoxy) is 2. The van der Waals surface area contributed by atoms with E-state index in [1.54, 1.807) is 18.2 Å². The molecule has 11 nitrogen and oxygen atoms in total. The first-order valence-corrected chi connectivity index (χ1v) is 11.5. The maximum absolute atomic E-state index is 13.6. The highest BCUT2D eigenvalue weighted by Crippen LogP contribution is 2.31. The largest absolute Gasteiger partial charge is 0.607 e. The minimum absolute atomic E-state index is 0.0982. The average molecular weight is 521 g/mol. The Labute approximate surface area is 204 Å². The zero-order valence-corrected chi connectivity index (χ0v) is 19.7.